The van der Waals surface area contributed by atoms with Gasteiger partial charge in [-0.1, -0.05) is 66.2 Å². The number of rotatable bonds is 8. The van der Waals surface area contributed by atoms with E-state index in [0.717, 1.165) is 28.7 Å². The molecule has 0 spiro atoms. The summed E-state index contributed by atoms with van der Waals surface area (Å²) in [6.07, 6.45) is 6.80. The molecule has 0 aliphatic heterocycles. The first kappa shape index (κ1) is 18.8. The van der Waals surface area contributed by atoms with Crippen LogP contribution < -0.4 is 4.74 Å². The maximum atomic E-state index is 6.03. The Morgan fingerprint density at radius 2 is 1.61 bits per heavy atom. The van der Waals surface area contributed by atoms with Crippen LogP contribution in [0.15, 0.2) is 84.9 Å². The second-order valence-electron chi connectivity index (χ2n) is 7.30. The van der Waals surface area contributed by atoms with E-state index in [1.54, 1.807) is 0 Å². The van der Waals surface area contributed by atoms with Gasteiger partial charge in [-0.05, 0) is 60.4 Å². The average Bonchev–Trinajstić information content (AvgIpc) is 3.49. The van der Waals surface area contributed by atoms with E-state index in [9.17, 15) is 0 Å². The minimum absolute atomic E-state index is 0.178. The maximum Gasteiger partial charge on any atom is 0.127 e. The van der Waals surface area contributed by atoms with Crippen LogP contribution in [-0.4, -0.2) is 6.61 Å². The zero-order valence-electron chi connectivity index (χ0n) is 15.7. The minimum atomic E-state index is 0.178. The Hall–Kier alpha value is -2.55. The molecule has 0 radical (unpaired) electrons. The van der Waals surface area contributed by atoms with Gasteiger partial charge in [-0.2, -0.15) is 0 Å². The van der Waals surface area contributed by atoms with Crippen LogP contribution in [0.3, 0.4) is 0 Å². The third-order valence-electron chi connectivity index (χ3n) is 4.93. The second kappa shape index (κ2) is 8.64. The summed E-state index contributed by atoms with van der Waals surface area (Å²) in [5.74, 6) is 1.67. The smallest absolute Gasteiger partial charge is 0.127 e. The molecule has 1 aliphatic carbocycles. The second-order valence-corrected chi connectivity index (χ2v) is 7.74. The van der Waals surface area contributed by atoms with Gasteiger partial charge in [0.2, 0.25) is 0 Å². The lowest BCUT2D eigenvalue weighted by atomic mass is 10.1. The Balaban J connectivity index is 1.30. The quantitative estimate of drug-likeness (QED) is 0.406. The van der Waals surface area contributed by atoms with Gasteiger partial charge in [0.25, 0.3) is 0 Å². The van der Waals surface area contributed by atoms with Crippen molar-refractivity contribution < 1.29 is 9.47 Å². The summed E-state index contributed by atoms with van der Waals surface area (Å²) < 4.78 is 11.9. The first-order valence-electron chi connectivity index (χ1n) is 9.55. The van der Waals surface area contributed by atoms with Gasteiger partial charge in [0.1, 0.15) is 11.5 Å². The van der Waals surface area contributed by atoms with Crippen LogP contribution in [0.1, 0.15) is 24.0 Å². The molecule has 0 unspecified atom stereocenters. The van der Waals surface area contributed by atoms with Crippen molar-refractivity contribution in [1.82, 2.24) is 0 Å². The van der Waals surface area contributed by atoms with E-state index in [1.165, 1.54) is 18.4 Å². The standard InChI is InChI=1S/C25H23ClO2/c26-22-11-9-20(10-12-22)13-14-25(15-16-25)19-27-18-21-5-4-8-24(17-21)28-23-6-2-1-3-7-23/h1-14,17H,15-16,18-19H2. The molecule has 0 amide bonds. The minimum Gasteiger partial charge on any atom is -0.457 e. The highest BCUT2D eigenvalue weighted by Gasteiger charge is 2.40. The van der Waals surface area contributed by atoms with E-state index in [-0.39, 0.29) is 5.41 Å². The van der Waals surface area contributed by atoms with E-state index in [0.29, 0.717) is 6.61 Å². The molecule has 0 atom stereocenters. The Labute approximate surface area is 171 Å². The summed E-state index contributed by atoms with van der Waals surface area (Å²) in [4.78, 5) is 0. The Morgan fingerprint density at radius 1 is 0.857 bits per heavy atom. The van der Waals surface area contributed by atoms with Crippen molar-refractivity contribution >= 4 is 17.7 Å². The van der Waals surface area contributed by atoms with Crippen molar-refractivity contribution in [2.24, 2.45) is 5.41 Å². The predicted molar refractivity (Wildman–Crippen MR) is 115 cm³/mol. The van der Waals surface area contributed by atoms with Crippen LogP contribution in [0.4, 0.5) is 0 Å². The normalized spacial score (nSPS) is 14.9. The summed E-state index contributed by atoms with van der Waals surface area (Å²) in [6, 6.07) is 25.8. The molecular weight excluding hydrogens is 368 g/mol. The van der Waals surface area contributed by atoms with Crippen molar-refractivity contribution in [3.8, 4) is 11.5 Å². The van der Waals surface area contributed by atoms with E-state index in [2.05, 4.69) is 18.2 Å². The molecule has 3 heteroatoms. The molecule has 3 aromatic rings. The first-order valence-corrected chi connectivity index (χ1v) is 9.93. The summed E-state index contributed by atoms with van der Waals surface area (Å²) in [7, 11) is 0. The Kier molecular flexibility index (Phi) is 5.80. The lowest BCUT2D eigenvalue weighted by Crippen LogP contribution is -2.07. The average molecular weight is 391 g/mol. The lowest BCUT2D eigenvalue weighted by Gasteiger charge is -2.12. The Morgan fingerprint density at radius 3 is 2.36 bits per heavy atom. The van der Waals surface area contributed by atoms with Gasteiger partial charge in [0.15, 0.2) is 0 Å². The van der Waals surface area contributed by atoms with Crippen molar-refractivity contribution in [2.75, 3.05) is 6.61 Å². The third kappa shape index (κ3) is 5.25. The van der Waals surface area contributed by atoms with Gasteiger partial charge < -0.3 is 9.47 Å². The maximum absolute atomic E-state index is 6.03. The van der Waals surface area contributed by atoms with Gasteiger partial charge in [-0.15, -0.1) is 0 Å². The molecule has 2 nitrogen and oxygen atoms in total. The number of ether oxygens (including phenoxy) is 2. The monoisotopic (exact) mass is 390 g/mol. The molecule has 0 saturated heterocycles. The molecule has 3 aromatic carbocycles. The Bertz CT molecular complexity index is 928. The zero-order valence-corrected chi connectivity index (χ0v) is 16.4. The number of hydrogen-bond donors (Lipinski definition) is 0. The number of para-hydroxylation sites is 1. The fraction of sp³-hybridized carbons (Fsp3) is 0.200. The van der Waals surface area contributed by atoms with Gasteiger partial charge in [-0.3, -0.25) is 0 Å². The molecule has 1 fully saturated rings. The predicted octanol–water partition coefficient (Wildman–Crippen LogP) is 7.14. The highest BCUT2D eigenvalue weighted by molar-refractivity contribution is 6.30. The van der Waals surface area contributed by atoms with Crippen LogP contribution in [0.2, 0.25) is 5.02 Å². The van der Waals surface area contributed by atoms with Crippen LogP contribution >= 0.6 is 11.6 Å². The summed E-state index contributed by atoms with van der Waals surface area (Å²) in [6.45, 7) is 1.32. The van der Waals surface area contributed by atoms with Crippen molar-refractivity contribution in [1.29, 1.82) is 0 Å². The highest BCUT2D eigenvalue weighted by Crippen LogP contribution is 2.47. The SMILES string of the molecule is Clc1ccc(C=CC2(COCc3cccc(Oc4ccccc4)c3)CC2)cc1. The van der Waals surface area contributed by atoms with Crippen molar-refractivity contribution in [3.05, 3.63) is 101 Å². The topological polar surface area (TPSA) is 18.5 Å². The zero-order chi connectivity index (χ0) is 19.2. The largest absolute Gasteiger partial charge is 0.457 e. The highest BCUT2D eigenvalue weighted by atomic mass is 35.5. The molecular formula is C25H23ClO2. The van der Waals surface area contributed by atoms with Crippen LogP contribution in [0.25, 0.3) is 6.08 Å². The molecule has 0 bridgehead atoms. The third-order valence-corrected chi connectivity index (χ3v) is 5.18. The van der Waals surface area contributed by atoms with Crippen molar-refractivity contribution in [2.45, 2.75) is 19.4 Å². The first-order chi connectivity index (χ1) is 13.7. The van der Waals surface area contributed by atoms with E-state index < -0.39 is 0 Å². The lowest BCUT2D eigenvalue weighted by molar-refractivity contribution is 0.0928. The van der Waals surface area contributed by atoms with Gasteiger partial charge >= 0.3 is 0 Å². The fourth-order valence-corrected chi connectivity index (χ4v) is 3.19. The molecule has 0 aromatic heterocycles. The number of hydrogen-bond acceptors (Lipinski definition) is 2. The molecule has 1 aliphatic rings. The molecule has 0 heterocycles. The molecule has 142 valence electrons. The van der Waals surface area contributed by atoms with E-state index in [4.69, 9.17) is 21.1 Å². The summed E-state index contributed by atoms with van der Waals surface area (Å²) in [5.41, 5.74) is 2.46. The van der Waals surface area contributed by atoms with Crippen LogP contribution in [-0.2, 0) is 11.3 Å². The van der Waals surface area contributed by atoms with E-state index >= 15 is 0 Å². The molecule has 0 N–H and O–H groups in total. The van der Waals surface area contributed by atoms with Crippen LogP contribution in [0.5, 0.6) is 11.5 Å². The molecule has 4 rings (SSSR count). The number of halogens is 1. The van der Waals surface area contributed by atoms with Gasteiger partial charge in [0, 0.05) is 10.4 Å². The van der Waals surface area contributed by atoms with Crippen molar-refractivity contribution in [3.63, 3.8) is 0 Å². The van der Waals surface area contributed by atoms with Gasteiger partial charge in [-0.25, -0.2) is 0 Å². The summed E-state index contributed by atoms with van der Waals surface area (Å²) in [5, 5.41) is 0.764. The molecule has 28 heavy (non-hydrogen) atoms. The molecule has 1 saturated carbocycles. The van der Waals surface area contributed by atoms with Crippen LogP contribution in [0, 0.1) is 5.41 Å². The number of benzene rings is 3. The summed E-state index contributed by atoms with van der Waals surface area (Å²) >= 11 is 5.94. The van der Waals surface area contributed by atoms with Gasteiger partial charge in [0.05, 0.1) is 13.2 Å². The van der Waals surface area contributed by atoms with E-state index in [1.807, 2.05) is 72.8 Å². The fourth-order valence-electron chi connectivity index (χ4n) is 3.06.